The van der Waals surface area contributed by atoms with Gasteiger partial charge in [-0.25, -0.2) is 4.98 Å². The van der Waals surface area contributed by atoms with Crippen LogP contribution in [0.1, 0.15) is 19.3 Å². The first kappa shape index (κ1) is 14.0. The average molecular weight is 319 g/mol. The molecule has 0 saturated carbocycles. The van der Waals surface area contributed by atoms with E-state index in [1.165, 1.54) is 25.3 Å². The van der Waals surface area contributed by atoms with Crippen LogP contribution in [0.5, 0.6) is 0 Å². The van der Waals surface area contributed by atoms with E-state index >= 15 is 0 Å². The predicted molar refractivity (Wildman–Crippen MR) is 88.6 cm³/mol. The number of hydrogen-bond acceptors (Lipinski definition) is 4. The van der Waals surface area contributed by atoms with Crippen LogP contribution in [0.15, 0.2) is 29.2 Å². The molecule has 1 spiro atoms. The minimum absolute atomic E-state index is 0.242. The lowest BCUT2D eigenvalue weighted by Gasteiger charge is -2.40. The van der Waals surface area contributed by atoms with E-state index in [1.54, 1.807) is 6.20 Å². The van der Waals surface area contributed by atoms with Gasteiger partial charge >= 0.3 is 0 Å². The first-order valence-corrected chi connectivity index (χ1v) is 8.15. The molecular weight excluding hydrogens is 300 g/mol. The number of anilines is 1. The van der Waals surface area contributed by atoms with Crippen molar-refractivity contribution >= 4 is 28.5 Å². The van der Waals surface area contributed by atoms with Crippen molar-refractivity contribution < 1.29 is 0 Å². The molecule has 2 aromatic rings. The normalized spacial score (nSPS) is 20.9. The zero-order valence-corrected chi connectivity index (χ0v) is 13.1. The van der Waals surface area contributed by atoms with Gasteiger partial charge in [0.05, 0.1) is 0 Å². The van der Waals surface area contributed by atoms with Crippen molar-refractivity contribution in [3.63, 3.8) is 0 Å². The van der Waals surface area contributed by atoms with Crippen LogP contribution < -0.4 is 15.8 Å². The summed E-state index contributed by atoms with van der Waals surface area (Å²) in [5.41, 5.74) is 1.91. The highest BCUT2D eigenvalue weighted by molar-refractivity contribution is 6.18. The van der Waals surface area contributed by atoms with Crippen LogP contribution in [0, 0.1) is 5.41 Å². The Balaban J connectivity index is 1.67. The molecule has 2 saturated heterocycles. The summed E-state index contributed by atoms with van der Waals surface area (Å²) in [5.74, 6) is 0. The maximum atomic E-state index is 11.7. The molecule has 0 aromatic carbocycles. The summed E-state index contributed by atoms with van der Waals surface area (Å²) in [6.07, 6.45) is 5.45. The number of halogens is 1. The van der Waals surface area contributed by atoms with E-state index in [0.717, 1.165) is 41.3 Å². The number of nitrogens with one attached hydrogen (secondary N) is 1. The summed E-state index contributed by atoms with van der Waals surface area (Å²) in [7, 11) is 0. The molecule has 2 aromatic heterocycles. The van der Waals surface area contributed by atoms with Gasteiger partial charge < -0.3 is 10.2 Å². The largest absolute Gasteiger partial charge is 0.371 e. The van der Waals surface area contributed by atoms with Gasteiger partial charge in [-0.2, -0.15) is 4.09 Å². The first-order valence-electron chi connectivity index (χ1n) is 7.81. The van der Waals surface area contributed by atoms with E-state index in [0.29, 0.717) is 11.1 Å². The molecule has 0 aliphatic carbocycles. The highest BCUT2D eigenvalue weighted by Gasteiger charge is 2.37. The van der Waals surface area contributed by atoms with Gasteiger partial charge in [0.15, 0.2) is 5.65 Å². The number of hydrogen-bond donors (Lipinski definition) is 1. The van der Waals surface area contributed by atoms with Gasteiger partial charge in [-0.1, -0.05) is 0 Å². The zero-order chi connectivity index (χ0) is 15.2. The third-order valence-electron chi connectivity index (χ3n) is 5.22. The van der Waals surface area contributed by atoms with Gasteiger partial charge in [0.2, 0.25) is 0 Å². The van der Waals surface area contributed by atoms with Crippen molar-refractivity contribution in [1.29, 1.82) is 0 Å². The average Bonchev–Trinajstić information content (AvgIpc) is 3.00. The number of rotatable bonds is 1. The molecule has 0 amide bonds. The van der Waals surface area contributed by atoms with Gasteiger partial charge in [-0.05, 0) is 43.4 Å². The third kappa shape index (κ3) is 2.20. The number of piperidine rings is 1. The Labute approximate surface area is 134 Å². The van der Waals surface area contributed by atoms with Crippen molar-refractivity contribution in [1.82, 2.24) is 14.4 Å². The van der Waals surface area contributed by atoms with Gasteiger partial charge in [0, 0.05) is 54.7 Å². The van der Waals surface area contributed by atoms with Gasteiger partial charge in [-0.3, -0.25) is 4.79 Å². The molecule has 0 atom stereocenters. The Hall–Kier alpha value is -1.59. The molecule has 22 heavy (non-hydrogen) atoms. The van der Waals surface area contributed by atoms with Gasteiger partial charge in [0.1, 0.15) is 0 Å². The minimum atomic E-state index is -0.242. The SMILES string of the molecule is O=c1ccc2c(N3CCC4(CCNC4)CC3)ccnc2n1Cl. The van der Waals surface area contributed by atoms with E-state index in [9.17, 15) is 4.79 Å². The Morgan fingerprint density at radius 2 is 2.00 bits per heavy atom. The molecule has 5 nitrogen and oxygen atoms in total. The van der Waals surface area contributed by atoms with E-state index in [1.807, 2.05) is 12.1 Å². The quantitative estimate of drug-likeness (QED) is 0.873. The molecule has 0 bridgehead atoms. The maximum Gasteiger partial charge on any atom is 0.267 e. The third-order valence-corrected chi connectivity index (χ3v) is 5.54. The first-order chi connectivity index (χ1) is 10.7. The molecule has 0 radical (unpaired) electrons. The van der Waals surface area contributed by atoms with E-state index in [4.69, 9.17) is 11.8 Å². The molecular formula is C16H19ClN4O. The molecule has 0 unspecified atom stereocenters. The zero-order valence-electron chi connectivity index (χ0n) is 12.4. The lowest BCUT2D eigenvalue weighted by Crippen LogP contribution is -2.41. The van der Waals surface area contributed by atoms with Crippen LogP contribution in [-0.4, -0.2) is 35.2 Å². The summed E-state index contributed by atoms with van der Waals surface area (Å²) in [6, 6.07) is 5.36. The van der Waals surface area contributed by atoms with Crippen molar-refractivity contribution in [2.45, 2.75) is 19.3 Å². The predicted octanol–water partition coefficient (Wildman–Crippen LogP) is 1.98. The molecule has 116 valence electrons. The van der Waals surface area contributed by atoms with Crippen molar-refractivity contribution in [2.75, 3.05) is 31.1 Å². The Bertz CT molecular complexity index is 756. The molecule has 6 heteroatoms. The lowest BCUT2D eigenvalue weighted by atomic mass is 9.77. The van der Waals surface area contributed by atoms with Crippen molar-refractivity contribution in [3.8, 4) is 0 Å². The van der Waals surface area contributed by atoms with E-state index in [-0.39, 0.29) is 5.56 Å². The highest BCUT2D eigenvalue weighted by Crippen LogP contribution is 2.39. The lowest BCUT2D eigenvalue weighted by molar-refractivity contribution is 0.247. The summed E-state index contributed by atoms with van der Waals surface area (Å²) >= 11 is 6.05. The smallest absolute Gasteiger partial charge is 0.267 e. The fourth-order valence-corrected chi connectivity index (χ4v) is 4.00. The number of nitrogens with zero attached hydrogens (tertiary/aromatic N) is 3. The monoisotopic (exact) mass is 318 g/mol. The van der Waals surface area contributed by atoms with Crippen LogP contribution in [0.2, 0.25) is 0 Å². The van der Waals surface area contributed by atoms with Gasteiger partial charge in [0.25, 0.3) is 5.56 Å². The van der Waals surface area contributed by atoms with Gasteiger partial charge in [-0.15, -0.1) is 0 Å². The van der Waals surface area contributed by atoms with Crippen molar-refractivity contribution in [3.05, 3.63) is 34.7 Å². The molecule has 4 rings (SSSR count). The Kier molecular flexibility index (Phi) is 3.35. The fraction of sp³-hybridized carbons (Fsp3) is 0.500. The second-order valence-electron chi connectivity index (χ2n) is 6.43. The van der Waals surface area contributed by atoms with E-state index < -0.39 is 0 Å². The van der Waals surface area contributed by atoms with Crippen LogP contribution in [-0.2, 0) is 0 Å². The maximum absolute atomic E-state index is 11.7. The number of pyridine rings is 2. The standard InChI is InChI=1S/C16H19ClN4O/c17-21-14(22)2-1-12-13(3-7-19-15(12)21)20-9-5-16(6-10-20)4-8-18-11-16/h1-3,7,18H,4-6,8-11H2. The topological polar surface area (TPSA) is 50.2 Å². The minimum Gasteiger partial charge on any atom is -0.371 e. The van der Waals surface area contributed by atoms with Crippen LogP contribution in [0.4, 0.5) is 5.69 Å². The molecule has 1 N–H and O–H groups in total. The number of aromatic nitrogens is 2. The van der Waals surface area contributed by atoms with Crippen LogP contribution in [0.25, 0.3) is 11.0 Å². The second-order valence-corrected chi connectivity index (χ2v) is 6.77. The molecule has 2 aliphatic rings. The summed E-state index contributed by atoms with van der Waals surface area (Å²) in [6.45, 7) is 4.39. The second kappa shape index (κ2) is 5.25. The summed E-state index contributed by atoms with van der Waals surface area (Å²) in [4.78, 5) is 18.3. The highest BCUT2D eigenvalue weighted by atomic mass is 35.5. The summed E-state index contributed by atoms with van der Waals surface area (Å²) in [5, 5.41) is 4.44. The van der Waals surface area contributed by atoms with E-state index in [2.05, 4.69) is 15.2 Å². The van der Waals surface area contributed by atoms with Crippen molar-refractivity contribution in [2.24, 2.45) is 5.41 Å². The van der Waals surface area contributed by atoms with Crippen LogP contribution >= 0.6 is 11.8 Å². The number of fused-ring (bicyclic) bond motifs is 1. The van der Waals surface area contributed by atoms with Crippen LogP contribution in [0.3, 0.4) is 0 Å². The fourth-order valence-electron chi connectivity index (χ4n) is 3.81. The Morgan fingerprint density at radius 3 is 2.73 bits per heavy atom. The molecule has 2 aliphatic heterocycles. The summed E-state index contributed by atoms with van der Waals surface area (Å²) < 4.78 is 1.10. The molecule has 2 fully saturated rings. The Morgan fingerprint density at radius 1 is 1.18 bits per heavy atom. The molecule has 4 heterocycles.